The molecule has 6 heteroatoms. The van der Waals surface area contributed by atoms with Gasteiger partial charge in [0.15, 0.2) is 0 Å². The van der Waals surface area contributed by atoms with Gasteiger partial charge in [0.05, 0.1) is 6.42 Å². The molecule has 150 valence electrons. The van der Waals surface area contributed by atoms with Crippen LogP contribution in [0.25, 0.3) is 0 Å². The number of nitrogens with zero attached hydrogens (tertiary/aromatic N) is 3. The lowest BCUT2D eigenvalue weighted by Crippen LogP contribution is -2.40. The van der Waals surface area contributed by atoms with Crippen LogP contribution in [0.2, 0.25) is 0 Å². The standard InChI is InChI=1S/C21H34N4O2/c1-6-9-22-19(26)12-18-15(4)23-21(24-16(18)5)17-8-7-10-25(13-17)20(27)11-14(2)3/h14,17H,6-13H2,1-5H3,(H,22,26)/t17-/m0/s1. The molecule has 2 heterocycles. The molecule has 0 bridgehead atoms. The maximum atomic E-state index is 12.4. The van der Waals surface area contributed by atoms with E-state index in [0.717, 1.165) is 48.6 Å². The predicted molar refractivity (Wildman–Crippen MR) is 107 cm³/mol. The van der Waals surface area contributed by atoms with E-state index in [1.807, 2.05) is 25.7 Å². The summed E-state index contributed by atoms with van der Waals surface area (Å²) in [6, 6.07) is 0. The first kappa shape index (κ1) is 21.3. The van der Waals surface area contributed by atoms with E-state index in [4.69, 9.17) is 9.97 Å². The van der Waals surface area contributed by atoms with Gasteiger partial charge in [0.25, 0.3) is 0 Å². The van der Waals surface area contributed by atoms with E-state index in [0.29, 0.717) is 31.8 Å². The zero-order valence-corrected chi connectivity index (χ0v) is 17.5. The number of hydrogen-bond acceptors (Lipinski definition) is 4. The number of carbonyl (C=O) groups excluding carboxylic acids is 2. The van der Waals surface area contributed by atoms with Crippen LogP contribution in [0.1, 0.15) is 75.1 Å². The molecular formula is C21H34N4O2. The number of aromatic nitrogens is 2. The second-order valence-electron chi connectivity index (χ2n) is 8.03. The average Bonchev–Trinajstić information content (AvgIpc) is 2.62. The molecule has 2 amide bonds. The Bertz CT molecular complexity index is 649. The summed E-state index contributed by atoms with van der Waals surface area (Å²) in [6.07, 6.45) is 3.82. The molecular weight excluding hydrogens is 340 g/mol. The lowest BCUT2D eigenvalue weighted by Gasteiger charge is -2.33. The highest BCUT2D eigenvalue weighted by molar-refractivity contribution is 5.79. The van der Waals surface area contributed by atoms with Crippen LogP contribution in [-0.2, 0) is 16.0 Å². The molecule has 0 unspecified atom stereocenters. The largest absolute Gasteiger partial charge is 0.356 e. The molecule has 6 nitrogen and oxygen atoms in total. The number of hydrogen-bond donors (Lipinski definition) is 1. The van der Waals surface area contributed by atoms with E-state index in [-0.39, 0.29) is 17.7 Å². The van der Waals surface area contributed by atoms with Crippen LogP contribution in [0.4, 0.5) is 0 Å². The van der Waals surface area contributed by atoms with Gasteiger partial charge in [-0.05, 0) is 39.0 Å². The fraction of sp³-hybridized carbons (Fsp3) is 0.714. The zero-order valence-electron chi connectivity index (χ0n) is 17.5. The van der Waals surface area contributed by atoms with E-state index in [1.54, 1.807) is 0 Å². The molecule has 27 heavy (non-hydrogen) atoms. The summed E-state index contributed by atoms with van der Waals surface area (Å²) in [6.45, 7) is 12.3. The average molecular weight is 375 g/mol. The van der Waals surface area contributed by atoms with E-state index >= 15 is 0 Å². The SMILES string of the molecule is CCCNC(=O)Cc1c(C)nc([C@H]2CCCN(C(=O)CC(C)C)C2)nc1C. The van der Waals surface area contributed by atoms with Crippen molar-refractivity contribution in [3.8, 4) is 0 Å². The van der Waals surface area contributed by atoms with Crippen molar-refractivity contribution in [2.24, 2.45) is 5.92 Å². The normalized spacial score (nSPS) is 17.3. The monoisotopic (exact) mass is 374 g/mol. The summed E-state index contributed by atoms with van der Waals surface area (Å²) in [5.41, 5.74) is 2.65. The first-order valence-corrected chi connectivity index (χ1v) is 10.2. The van der Waals surface area contributed by atoms with Crippen LogP contribution < -0.4 is 5.32 Å². The third kappa shape index (κ3) is 6.01. The summed E-state index contributed by atoms with van der Waals surface area (Å²) in [4.78, 5) is 35.9. The Hall–Kier alpha value is -1.98. The van der Waals surface area contributed by atoms with E-state index in [1.165, 1.54) is 0 Å². The maximum absolute atomic E-state index is 12.4. The van der Waals surface area contributed by atoms with Gasteiger partial charge in [-0.15, -0.1) is 0 Å². The van der Waals surface area contributed by atoms with E-state index < -0.39 is 0 Å². The third-order valence-corrected chi connectivity index (χ3v) is 5.07. The Kier molecular flexibility index (Phi) is 7.75. The fourth-order valence-electron chi connectivity index (χ4n) is 3.58. The molecule has 1 aliphatic rings. The molecule has 1 atom stereocenters. The fourth-order valence-corrected chi connectivity index (χ4v) is 3.58. The molecule has 1 saturated heterocycles. The lowest BCUT2D eigenvalue weighted by molar-refractivity contribution is -0.133. The quantitative estimate of drug-likeness (QED) is 0.796. The Morgan fingerprint density at radius 2 is 1.89 bits per heavy atom. The van der Waals surface area contributed by atoms with Gasteiger partial charge in [-0.1, -0.05) is 20.8 Å². The number of amides is 2. The van der Waals surface area contributed by atoms with Gasteiger partial charge in [-0.2, -0.15) is 0 Å². The van der Waals surface area contributed by atoms with Crippen molar-refractivity contribution in [3.63, 3.8) is 0 Å². The van der Waals surface area contributed by atoms with Crippen molar-refractivity contribution in [1.82, 2.24) is 20.2 Å². The Labute approximate surface area is 163 Å². The van der Waals surface area contributed by atoms with Gasteiger partial charge in [-0.25, -0.2) is 9.97 Å². The maximum Gasteiger partial charge on any atom is 0.224 e. The van der Waals surface area contributed by atoms with Crippen LogP contribution >= 0.6 is 0 Å². The van der Waals surface area contributed by atoms with Gasteiger partial charge in [-0.3, -0.25) is 9.59 Å². The summed E-state index contributed by atoms with van der Waals surface area (Å²) >= 11 is 0. The first-order valence-electron chi connectivity index (χ1n) is 10.2. The third-order valence-electron chi connectivity index (χ3n) is 5.07. The molecule has 0 aliphatic carbocycles. The Morgan fingerprint density at radius 1 is 1.22 bits per heavy atom. The topological polar surface area (TPSA) is 75.2 Å². The molecule has 2 rings (SSSR count). The van der Waals surface area contributed by atoms with E-state index in [9.17, 15) is 9.59 Å². The number of aryl methyl sites for hydroxylation is 2. The van der Waals surface area contributed by atoms with Crippen molar-refractivity contribution in [2.45, 2.75) is 72.6 Å². The minimum absolute atomic E-state index is 0.0162. The zero-order chi connectivity index (χ0) is 20.0. The number of likely N-dealkylation sites (tertiary alicyclic amines) is 1. The van der Waals surface area contributed by atoms with Crippen LogP contribution in [0, 0.1) is 19.8 Å². The van der Waals surface area contributed by atoms with Crippen LogP contribution in [-0.4, -0.2) is 46.3 Å². The molecule has 1 fully saturated rings. The van der Waals surface area contributed by atoms with Gasteiger partial charge in [0.2, 0.25) is 11.8 Å². The minimum atomic E-state index is 0.0162. The molecule has 1 aliphatic heterocycles. The number of nitrogens with one attached hydrogen (secondary N) is 1. The van der Waals surface area contributed by atoms with Gasteiger partial charge < -0.3 is 10.2 Å². The second kappa shape index (κ2) is 9.81. The van der Waals surface area contributed by atoms with Crippen molar-refractivity contribution >= 4 is 11.8 Å². The summed E-state index contributed by atoms with van der Waals surface area (Å²) < 4.78 is 0. The number of rotatable bonds is 7. The molecule has 0 aromatic carbocycles. The molecule has 0 radical (unpaired) electrons. The minimum Gasteiger partial charge on any atom is -0.356 e. The van der Waals surface area contributed by atoms with Gasteiger partial charge in [0, 0.05) is 48.9 Å². The van der Waals surface area contributed by atoms with Gasteiger partial charge in [0.1, 0.15) is 5.82 Å². The smallest absolute Gasteiger partial charge is 0.224 e. The van der Waals surface area contributed by atoms with Crippen LogP contribution in [0.5, 0.6) is 0 Å². The summed E-state index contributed by atoms with van der Waals surface area (Å²) in [5.74, 6) is 1.60. The second-order valence-corrected chi connectivity index (χ2v) is 8.03. The molecule has 1 N–H and O–H groups in total. The molecule has 1 aromatic rings. The number of piperidine rings is 1. The predicted octanol–water partition coefficient (Wildman–Crippen LogP) is 2.91. The van der Waals surface area contributed by atoms with Crippen molar-refractivity contribution in [2.75, 3.05) is 19.6 Å². The van der Waals surface area contributed by atoms with Crippen molar-refractivity contribution in [1.29, 1.82) is 0 Å². The van der Waals surface area contributed by atoms with Crippen LogP contribution in [0.3, 0.4) is 0 Å². The van der Waals surface area contributed by atoms with Crippen molar-refractivity contribution < 1.29 is 9.59 Å². The first-order chi connectivity index (χ1) is 12.8. The van der Waals surface area contributed by atoms with Crippen LogP contribution in [0.15, 0.2) is 0 Å². The van der Waals surface area contributed by atoms with Crippen molar-refractivity contribution in [3.05, 3.63) is 22.8 Å². The highest BCUT2D eigenvalue weighted by Crippen LogP contribution is 2.26. The highest BCUT2D eigenvalue weighted by Gasteiger charge is 2.27. The highest BCUT2D eigenvalue weighted by atomic mass is 16.2. The molecule has 0 spiro atoms. The number of carbonyl (C=O) groups is 2. The van der Waals surface area contributed by atoms with Gasteiger partial charge >= 0.3 is 0 Å². The summed E-state index contributed by atoms with van der Waals surface area (Å²) in [7, 11) is 0. The molecule has 0 saturated carbocycles. The Balaban J connectivity index is 2.10. The Morgan fingerprint density at radius 3 is 2.48 bits per heavy atom. The van der Waals surface area contributed by atoms with E-state index in [2.05, 4.69) is 19.2 Å². The lowest BCUT2D eigenvalue weighted by atomic mass is 9.95. The molecule has 1 aromatic heterocycles. The summed E-state index contributed by atoms with van der Waals surface area (Å²) in [5, 5.41) is 2.91.